The number of nitrogens with zero attached hydrogens (tertiary/aromatic N) is 3. The maximum atomic E-state index is 4.66. The Hall–Kier alpha value is -2.14. The number of aryl methyl sites for hydroxylation is 1. The molecular formula is C16H21N5. The van der Waals surface area contributed by atoms with Crippen LogP contribution in [0.3, 0.4) is 0 Å². The van der Waals surface area contributed by atoms with Gasteiger partial charge in [-0.2, -0.15) is 5.10 Å². The van der Waals surface area contributed by atoms with E-state index in [4.69, 9.17) is 0 Å². The minimum Gasteiger partial charge on any atom is -0.322 e. The molecule has 0 spiro atoms. The van der Waals surface area contributed by atoms with Crippen LogP contribution < -0.4 is 5.32 Å². The van der Waals surface area contributed by atoms with Gasteiger partial charge in [0, 0.05) is 5.69 Å². The average Bonchev–Trinajstić information content (AvgIpc) is 3.02. The van der Waals surface area contributed by atoms with Gasteiger partial charge in [-0.25, -0.2) is 9.67 Å². The van der Waals surface area contributed by atoms with Crippen LogP contribution >= 0.6 is 0 Å². The van der Waals surface area contributed by atoms with Gasteiger partial charge in [-0.3, -0.25) is 0 Å². The number of nitrogens with one attached hydrogen (secondary N) is 2. The van der Waals surface area contributed by atoms with E-state index in [-0.39, 0.29) is 0 Å². The summed E-state index contributed by atoms with van der Waals surface area (Å²) in [7, 11) is 1.98. The average molecular weight is 283 g/mol. The largest absolute Gasteiger partial charge is 0.322 e. The lowest BCUT2D eigenvalue weighted by molar-refractivity contribution is 0.720. The number of para-hydroxylation sites is 2. The molecule has 0 amide bonds. The summed E-state index contributed by atoms with van der Waals surface area (Å²) in [5, 5.41) is 7.84. The predicted molar refractivity (Wildman–Crippen MR) is 84.9 cm³/mol. The van der Waals surface area contributed by atoms with Gasteiger partial charge in [0.2, 0.25) is 5.95 Å². The van der Waals surface area contributed by atoms with Gasteiger partial charge < -0.3 is 10.3 Å². The molecule has 2 aromatic heterocycles. The van der Waals surface area contributed by atoms with Gasteiger partial charge in [0.1, 0.15) is 0 Å². The van der Waals surface area contributed by atoms with Gasteiger partial charge in [0.25, 0.3) is 0 Å². The second kappa shape index (κ2) is 5.69. The normalized spacial score (nSPS) is 11.4. The molecule has 0 saturated carbocycles. The molecule has 0 aliphatic rings. The van der Waals surface area contributed by atoms with Crippen molar-refractivity contribution >= 4 is 11.0 Å². The Morgan fingerprint density at radius 2 is 2.05 bits per heavy atom. The molecule has 5 heteroatoms. The molecule has 0 radical (unpaired) electrons. The zero-order valence-corrected chi connectivity index (χ0v) is 12.8. The molecule has 0 atom stereocenters. The Labute approximate surface area is 124 Å². The van der Waals surface area contributed by atoms with Crippen molar-refractivity contribution in [1.29, 1.82) is 0 Å². The van der Waals surface area contributed by atoms with Crippen LogP contribution in [0.1, 0.15) is 23.4 Å². The van der Waals surface area contributed by atoms with Crippen molar-refractivity contribution in [2.75, 3.05) is 13.6 Å². The first-order valence-corrected chi connectivity index (χ1v) is 7.35. The lowest BCUT2D eigenvalue weighted by atomic mass is 10.1. The summed E-state index contributed by atoms with van der Waals surface area (Å²) >= 11 is 0. The SMILES string of the molecule is CNCCCc1c(C)nn(-c2nc3ccccc3[nH]2)c1C. The first-order chi connectivity index (χ1) is 10.2. The van der Waals surface area contributed by atoms with E-state index in [0.717, 1.165) is 42.1 Å². The quantitative estimate of drug-likeness (QED) is 0.707. The lowest BCUT2D eigenvalue weighted by Gasteiger charge is -2.02. The van der Waals surface area contributed by atoms with E-state index in [2.05, 4.69) is 34.2 Å². The highest BCUT2D eigenvalue weighted by Gasteiger charge is 2.14. The molecular weight excluding hydrogens is 262 g/mol. The van der Waals surface area contributed by atoms with Gasteiger partial charge in [-0.15, -0.1) is 0 Å². The number of hydrogen-bond acceptors (Lipinski definition) is 3. The number of fused-ring (bicyclic) bond motifs is 1. The fourth-order valence-electron chi connectivity index (χ4n) is 2.72. The second-order valence-electron chi connectivity index (χ2n) is 5.35. The number of benzene rings is 1. The van der Waals surface area contributed by atoms with Crippen LogP contribution in [0.5, 0.6) is 0 Å². The molecule has 0 unspecified atom stereocenters. The Balaban J connectivity index is 1.96. The first-order valence-electron chi connectivity index (χ1n) is 7.35. The highest BCUT2D eigenvalue weighted by atomic mass is 15.4. The lowest BCUT2D eigenvalue weighted by Crippen LogP contribution is -2.09. The Kier molecular flexibility index (Phi) is 3.75. The summed E-state index contributed by atoms with van der Waals surface area (Å²) in [6.45, 7) is 5.21. The first kappa shape index (κ1) is 13.8. The third-order valence-corrected chi connectivity index (χ3v) is 3.87. The Bertz CT molecular complexity index is 720. The standard InChI is InChI=1S/C16H21N5/c1-11-13(7-6-10-17-3)12(2)21(20-11)16-18-14-8-4-5-9-15(14)19-16/h4-5,8-9,17H,6-7,10H2,1-3H3,(H,18,19). The maximum absolute atomic E-state index is 4.66. The number of aromatic amines is 1. The van der Waals surface area contributed by atoms with Gasteiger partial charge in [-0.1, -0.05) is 12.1 Å². The van der Waals surface area contributed by atoms with Crippen molar-refractivity contribution in [3.8, 4) is 5.95 Å². The van der Waals surface area contributed by atoms with Crippen molar-refractivity contribution in [3.05, 3.63) is 41.2 Å². The molecule has 0 aliphatic heterocycles. The summed E-state index contributed by atoms with van der Waals surface area (Å²) < 4.78 is 1.92. The van der Waals surface area contributed by atoms with Crippen LogP contribution in [0.4, 0.5) is 0 Å². The summed E-state index contributed by atoms with van der Waals surface area (Å²) in [6.07, 6.45) is 2.16. The summed E-state index contributed by atoms with van der Waals surface area (Å²) in [5.74, 6) is 0.789. The van der Waals surface area contributed by atoms with E-state index in [1.54, 1.807) is 0 Å². The molecule has 110 valence electrons. The van der Waals surface area contributed by atoms with Crippen LogP contribution in [0, 0.1) is 13.8 Å². The zero-order chi connectivity index (χ0) is 14.8. The van der Waals surface area contributed by atoms with E-state index in [1.807, 2.05) is 36.0 Å². The van der Waals surface area contributed by atoms with Crippen molar-refractivity contribution in [3.63, 3.8) is 0 Å². The van der Waals surface area contributed by atoms with E-state index in [0.29, 0.717) is 0 Å². The fraction of sp³-hybridized carbons (Fsp3) is 0.375. The number of aromatic nitrogens is 4. The summed E-state index contributed by atoms with van der Waals surface area (Å²) in [4.78, 5) is 7.96. The fourth-order valence-corrected chi connectivity index (χ4v) is 2.72. The predicted octanol–water partition coefficient (Wildman–Crippen LogP) is 2.52. The van der Waals surface area contributed by atoms with Crippen molar-refractivity contribution in [2.24, 2.45) is 0 Å². The van der Waals surface area contributed by atoms with Crippen LogP contribution in [0.15, 0.2) is 24.3 Å². The van der Waals surface area contributed by atoms with E-state index in [1.165, 1.54) is 11.3 Å². The van der Waals surface area contributed by atoms with E-state index >= 15 is 0 Å². The smallest absolute Gasteiger partial charge is 0.229 e. The van der Waals surface area contributed by atoms with Crippen molar-refractivity contribution in [2.45, 2.75) is 26.7 Å². The van der Waals surface area contributed by atoms with Crippen LogP contribution in [-0.4, -0.2) is 33.3 Å². The number of rotatable bonds is 5. The molecule has 0 bridgehead atoms. The van der Waals surface area contributed by atoms with Gasteiger partial charge in [-0.05, 0) is 58.0 Å². The molecule has 5 nitrogen and oxygen atoms in total. The van der Waals surface area contributed by atoms with Crippen molar-refractivity contribution in [1.82, 2.24) is 25.1 Å². The van der Waals surface area contributed by atoms with Gasteiger partial charge in [0.15, 0.2) is 0 Å². The van der Waals surface area contributed by atoms with Crippen LogP contribution in [0.25, 0.3) is 17.0 Å². The molecule has 21 heavy (non-hydrogen) atoms. The van der Waals surface area contributed by atoms with Crippen molar-refractivity contribution < 1.29 is 0 Å². The monoisotopic (exact) mass is 283 g/mol. The second-order valence-corrected chi connectivity index (χ2v) is 5.35. The number of hydrogen-bond donors (Lipinski definition) is 2. The zero-order valence-electron chi connectivity index (χ0n) is 12.8. The number of H-pyrrole nitrogens is 1. The summed E-state index contributed by atoms with van der Waals surface area (Å²) in [5.41, 5.74) is 5.59. The van der Waals surface area contributed by atoms with Gasteiger partial charge in [0.05, 0.1) is 16.7 Å². The highest BCUT2D eigenvalue weighted by molar-refractivity contribution is 5.75. The third kappa shape index (κ3) is 2.56. The van der Waals surface area contributed by atoms with Gasteiger partial charge >= 0.3 is 0 Å². The van der Waals surface area contributed by atoms with E-state index < -0.39 is 0 Å². The van der Waals surface area contributed by atoms with Crippen LogP contribution in [0.2, 0.25) is 0 Å². The molecule has 0 saturated heterocycles. The molecule has 2 N–H and O–H groups in total. The number of imidazole rings is 1. The molecule has 2 heterocycles. The Morgan fingerprint density at radius 1 is 1.24 bits per heavy atom. The minimum atomic E-state index is 0.789. The highest BCUT2D eigenvalue weighted by Crippen LogP contribution is 2.19. The molecule has 1 aromatic carbocycles. The Morgan fingerprint density at radius 3 is 2.81 bits per heavy atom. The minimum absolute atomic E-state index is 0.789. The molecule has 0 aliphatic carbocycles. The van der Waals surface area contributed by atoms with E-state index in [9.17, 15) is 0 Å². The molecule has 3 rings (SSSR count). The molecule has 0 fully saturated rings. The summed E-state index contributed by atoms with van der Waals surface area (Å²) in [6, 6.07) is 8.05. The topological polar surface area (TPSA) is 58.5 Å². The maximum Gasteiger partial charge on any atom is 0.229 e. The molecule has 3 aromatic rings. The van der Waals surface area contributed by atoms with Crippen LogP contribution in [-0.2, 0) is 6.42 Å². The third-order valence-electron chi connectivity index (χ3n) is 3.87.